The first-order chi connectivity index (χ1) is 11.2. The summed E-state index contributed by atoms with van der Waals surface area (Å²) in [4.78, 5) is 8.34. The van der Waals surface area contributed by atoms with Gasteiger partial charge >= 0.3 is 0 Å². The predicted octanol–water partition coefficient (Wildman–Crippen LogP) is 3.98. The van der Waals surface area contributed by atoms with E-state index in [0.717, 1.165) is 49.6 Å². The molecule has 0 atom stereocenters. The molecular formula is C18H24N2O2S. The third-order valence-electron chi connectivity index (χ3n) is 4.44. The molecule has 0 unspecified atom stereocenters. The summed E-state index contributed by atoms with van der Waals surface area (Å²) in [5, 5.41) is 0. The average molecular weight is 332 g/mol. The van der Waals surface area contributed by atoms with Gasteiger partial charge in [-0.2, -0.15) is 0 Å². The quantitative estimate of drug-likeness (QED) is 0.774. The van der Waals surface area contributed by atoms with E-state index in [1.807, 2.05) is 6.92 Å². The van der Waals surface area contributed by atoms with Crippen molar-refractivity contribution in [3.63, 3.8) is 0 Å². The van der Waals surface area contributed by atoms with Gasteiger partial charge < -0.3 is 9.15 Å². The lowest BCUT2D eigenvalue weighted by Gasteiger charge is -2.30. The van der Waals surface area contributed by atoms with Gasteiger partial charge in [0.05, 0.1) is 5.69 Å². The second-order valence-corrected chi connectivity index (χ2v) is 6.89. The molecule has 0 spiro atoms. The van der Waals surface area contributed by atoms with Crippen molar-refractivity contribution in [3.05, 3.63) is 35.7 Å². The van der Waals surface area contributed by atoms with Gasteiger partial charge in [-0.05, 0) is 57.3 Å². The number of hydrogen-bond donors (Lipinski definition) is 0. The van der Waals surface area contributed by atoms with E-state index in [4.69, 9.17) is 14.1 Å². The Morgan fingerprint density at radius 1 is 1.22 bits per heavy atom. The van der Waals surface area contributed by atoms with Gasteiger partial charge in [-0.25, -0.2) is 4.98 Å². The van der Waals surface area contributed by atoms with Gasteiger partial charge in [0.1, 0.15) is 5.76 Å². The Bertz CT molecular complexity index is 633. The largest absolute Gasteiger partial charge is 0.441 e. The van der Waals surface area contributed by atoms with Crippen molar-refractivity contribution in [2.75, 3.05) is 26.5 Å². The molecule has 0 aliphatic carbocycles. The molecule has 3 rings (SSSR count). The van der Waals surface area contributed by atoms with Crippen LogP contribution in [0.3, 0.4) is 0 Å². The second-order valence-electron chi connectivity index (χ2n) is 6.01. The molecule has 1 saturated heterocycles. The molecule has 0 N–H and O–H groups in total. The lowest BCUT2D eigenvalue weighted by atomic mass is 10.1. The third kappa shape index (κ3) is 3.97. The summed E-state index contributed by atoms with van der Waals surface area (Å²) in [5.41, 5.74) is 2.06. The number of rotatable bonds is 5. The normalized spacial score (nSPS) is 16.2. The van der Waals surface area contributed by atoms with Crippen molar-refractivity contribution in [1.29, 1.82) is 0 Å². The highest BCUT2D eigenvalue weighted by atomic mass is 32.2. The van der Waals surface area contributed by atoms with Gasteiger partial charge in [0.25, 0.3) is 0 Å². The molecule has 1 aliphatic rings. The summed E-state index contributed by atoms with van der Waals surface area (Å²) >= 11 is 1.74. The fraction of sp³-hybridized carbons (Fsp3) is 0.500. The lowest BCUT2D eigenvalue weighted by Crippen LogP contribution is -2.36. The maximum absolute atomic E-state index is 5.89. The molecule has 1 aromatic heterocycles. The number of aryl methyl sites for hydroxylation is 1. The molecule has 2 aromatic rings. The zero-order chi connectivity index (χ0) is 16.2. The number of hydrogen-bond acceptors (Lipinski definition) is 5. The minimum atomic E-state index is 0.573. The van der Waals surface area contributed by atoms with Crippen molar-refractivity contribution in [3.8, 4) is 11.5 Å². The van der Waals surface area contributed by atoms with Gasteiger partial charge in [0.15, 0.2) is 0 Å². The zero-order valence-electron chi connectivity index (χ0n) is 14.0. The van der Waals surface area contributed by atoms with Crippen molar-refractivity contribution in [1.82, 2.24) is 9.88 Å². The Kier molecular flexibility index (Phi) is 5.41. The Hall–Kier alpha value is -1.30. The van der Waals surface area contributed by atoms with Crippen LogP contribution in [0.5, 0.6) is 0 Å². The van der Waals surface area contributed by atoms with E-state index in [-0.39, 0.29) is 0 Å². The maximum atomic E-state index is 5.89. The van der Waals surface area contributed by atoms with Crippen LogP contribution in [0.1, 0.15) is 24.3 Å². The van der Waals surface area contributed by atoms with Crippen LogP contribution in [-0.4, -0.2) is 42.4 Å². The molecule has 0 saturated carbocycles. The first-order valence-electron chi connectivity index (χ1n) is 8.06. The molecule has 2 heterocycles. The number of nitrogens with zero attached hydrogens (tertiary/aromatic N) is 2. The summed E-state index contributed by atoms with van der Waals surface area (Å²) < 4.78 is 11.3. The first-order valence-corrected chi connectivity index (χ1v) is 9.28. The van der Waals surface area contributed by atoms with Crippen molar-refractivity contribution < 1.29 is 9.15 Å². The molecule has 0 amide bonds. The smallest absolute Gasteiger partial charge is 0.226 e. The summed E-state index contributed by atoms with van der Waals surface area (Å²) in [6.45, 7) is 4.54. The van der Waals surface area contributed by atoms with Crippen LogP contribution in [0.25, 0.3) is 11.5 Å². The minimum Gasteiger partial charge on any atom is -0.441 e. The standard InChI is InChI=1S/C18H24N2O2S/c1-13-17(12-20(2)15-8-10-21-11-9-15)19-18(22-13)14-4-6-16(23-3)7-5-14/h4-7,15H,8-12H2,1-3H3. The van der Waals surface area contributed by atoms with Crippen LogP contribution in [0.15, 0.2) is 33.6 Å². The van der Waals surface area contributed by atoms with Crippen molar-refractivity contribution >= 4 is 11.8 Å². The second kappa shape index (κ2) is 7.51. The van der Waals surface area contributed by atoms with Gasteiger partial charge in [0, 0.05) is 36.3 Å². The van der Waals surface area contributed by atoms with Gasteiger partial charge in [-0.15, -0.1) is 11.8 Å². The van der Waals surface area contributed by atoms with Gasteiger partial charge in [-0.3, -0.25) is 4.90 Å². The Morgan fingerprint density at radius 3 is 2.57 bits per heavy atom. The summed E-state index contributed by atoms with van der Waals surface area (Å²) in [6, 6.07) is 8.93. The van der Waals surface area contributed by atoms with E-state index in [2.05, 4.69) is 42.5 Å². The minimum absolute atomic E-state index is 0.573. The molecule has 0 radical (unpaired) electrons. The number of thioether (sulfide) groups is 1. The van der Waals surface area contributed by atoms with E-state index >= 15 is 0 Å². The van der Waals surface area contributed by atoms with E-state index in [0.29, 0.717) is 11.9 Å². The number of benzene rings is 1. The fourth-order valence-corrected chi connectivity index (χ4v) is 3.33. The Balaban J connectivity index is 1.72. The van der Waals surface area contributed by atoms with Crippen molar-refractivity contribution in [2.45, 2.75) is 37.2 Å². The summed E-state index contributed by atoms with van der Waals surface area (Å²) in [7, 11) is 2.16. The predicted molar refractivity (Wildman–Crippen MR) is 93.8 cm³/mol. The van der Waals surface area contributed by atoms with Crippen LogP contribution >= 0.6 is 11.8 Å². The van der Waals surface area contributed by atoms with Crippen LogP contribution in [0.2, 0.25) is 0 Å². The van der Waals surface area contributed by atoms with E-state index in [1.54, 1.807) is 11.8 Å². The highest BCUT2D eigenvalue weighted by molar-refractivity contribution is 7.98. The first kappa shape index (κ1) is 16.6. The third-order valence-corrected chi connectivity index (χ3v) is 5.19. The Labute approximate surface area is 142 Å². The van der Waals surface area contributed by atoms with Crippen molar-refractivity contribution in [2.24, 2.45) is 0 Å². The molecule has 5 heteroatoms. The molecule has 23 heavy (non-hydrogen) atoms. The lowest BCUT2D eigenvalue weighted by molar-refractivity contribution is 0.0402. The summed E-state index contributed by atoms with van der Waals surface area (Å²) in [6.07, 6.45) is 4.27. The molecule has 1 aromatic carbocycles. The fourth-order valence-electron chi connectivity index (χ4n) is 2.92. The SMILES string of the molecule is CSc1ccc(-c2nc(CN(C)C3CCOCC3)c(C)o2)cc1. The van der Waals surface area contributed by atoms with Crippen LogP contribution < -0.4 is 0 Å². The molecule has 4 nitrogen and oxygen atoms in total. The van der Waals surface area contributed by atoms with Crippen LogP contribution in [0.4, 0.5) is 0 Å². The number of oxazole rings is 1. The topological polar surface area (TPSA) is 38.5 Å². The molecule has 1 fully saturated rings. The molecule has 124 valence electrons. The van der Waals surface area contributed by atoms with Crippen LogP contribution in [0, 0.1) is 6.92 Å². The van der Waals surface area contributed by atoms with Crippen LogP contribution in [-0.2, 0) is 11.3 Å². The number of ether oxygens (including phenoxy) is 1. The van der Waals surface area contributed by atoms with E-state index in [1.165, 1.54) is 4.90 Å². The zero-order valence-corrected chi connectivity index (χ0v) is 14.9. The highest BCUT2D eigenvalue weighted by Crippen LogP contribution is 2.25. The summed E-state index contributed by atoms with van der Waals surface area (Å²) in [5.74, 6) is 1.62. The molecular weight excluding hydrogens is 308 g/mol. The monoisotopic (exact) mass is 332 g/mol. The maximum Gasteiger partial charge on any atom is 0.226 e. The van der Waals surface area contributed by atoms with E-state index in [9.17, 15) is 0 Å². The highest BCUT2D eigenvalue weighted by Gasteiger charge is 2.21. The number of aromatic nitrogens is 1. The Morgan fingerprint density at radius 2 is 1.91 bits per heavy atom. The molecule has 0 bridgehead atoms. The van der Waals surface area contributed by atoms with Gasteiger partial charge in [0.2, 0.25) is 5.89 Å². The van der Waals surface area contributed by atoms with Gasteiger partial charge in [-0.1, -0.05) is 0 Å². The average Bonchev–Trinajstić information content (AvgIpc) is 2.96. The molecule has 1 aliphatic heterocycles. The van der Waals surface area contributed by atoms with E-state index < -0.39 is 0 Å².